The second-order valence-corrected chi connectivity index (χ2v) is 2.16. The van der Waals surface area contributed by atoms with E-state index in [0.717, 1.165) is 13.1 Å². The van der Waals surface area contributed by atoms with Gasteiger partial charge in [-0.15, -0.1) is 13.1 Å². The largest absolute Gasteiger partial charge is 2.00 e. The quantitative estimate of drug-likeness (QED) is 0.656. The number of carbonyl (C=O) groups is 1. The van der Waals surface area contributed by atoms with E-state index in [1.165, 1.54) is 7.11 Å². The third kappa shape index (κ3) is 3.32. The molecule has 1 N–H and O–H groups in total. The maximum absolute atomic E-state index is 10.8. The van der Waals surface area contributed by atoms with Crippen molar-refractivity contribution in [1.82, 2.24) is 5.32 Å². The molecule has 0 radical (unpaired) electrons. The molecule has 1 aliphatic heterocycles. The van der Waals surface area contributed by atoms with Gasteiger partial charge in [0.15, 0.2) is 0 Å². The summed E-state index contributed by atoms with van der Waals surface area (Å²) in [6.07, 6.45) is 0. The van der Waals surface area contributed by atoms with E-state index >= 15 is 0 Å². The number of rotatable bonds is 1. The van der Waals surface area contributed by atoms with Gasteiger partial charge in [0.1, 0.15) is 0 Å². The molecule has 1 unspecified atom stereocenters. The number of piperazine rings is 1. The van der Waals surface area contributed by atoms with Crippen molar-refractivity contribution in [3.8, 4) is 0 Å². The van der Waals surface area contributed by atoms with Crippen LogP contribution >= 0.6 is 0 Å². The van der Waals surface area contributed by atoms with Crippen molar-refractivity contribution in [2.24, 2.45) is 0 Å². The molecule has 0 aliphatic carbocycles. The smallest absolute Gasteiger partial charge is 0.660 e. The molecule has 0 aromatic rings. The fourth-order valence-corrected chi connectivity index (χ4v) is 0.903. The Balaban J connectivity index is 0.000001000. The molecule has 5 heteroatoms. The first-order valence-electron chi connectivity index (χ1n) is 3.29. The number of nitrogens with zero attached hydrogens (tertiary/aromatic N) is 1. The number of nitrogens with one attached hydrogen (secondary N) is 1. The van der Waals surface area contributed by atoms with E-state index in [0.29, 0.717) is 6.54 Å². The summed E-state index contributed by atoms with van der Waals surface area (Å²) in [5, 5.41) is 7.07. The Morgan fingerprint density at radius 2 is 2.45 bits per heavy atom. The summed E-state index contributed by atoms with van der Waals surface area (Å²) in [6.45, 7) is 2.12. The number of hydrogen-bond acceptors (Lipinski definition) is 3. The molecule has 4 nitrogen and oxygen atoms in total. The third-order valence-corrected chi connectivity index (χ3v) is 1.46. The number of ether oxygens (including phenoxy) is 1. The molecule has 1 atom stereocenters. The van der Waals surface area contributed by atoms with Gasteiger partial charge in [-0.3, -0.25) is 4.79 Å². The topological polar surface area (TPSA) is 52.4 Å². The molecule has 0 bridgehead atoms. The SMILES string of the molecule is COC(=O)C1C[N-]CCN1.[Pt+2]. The minimum absolute atomic E-state index is 0. The van der Waals surface area contributed by atoms with E-state index < -0.39 is 0 Å². The van der Waals surface area contributed by atoms with Crippen LogP contribution in [0.3, 0.4) is 0 Å². The average Bonchev–Trinajstić information content (AvgIpc) is 2.05. The predicted molar refractivity (Wildman–Crippen MR) is 36.9 cm³/mol. The van der Waals surface area contributed by atoms with Crippen molar-refractivity contribution in [3.63, 3.8) is 0 Å². The van der Waals surface area contributed by atoms with Gasteiger partial charge in [-0.05, 0) is 6.54 Å². The van der Waals surface area contributed by atoms with E-state index in [1.807, 2.05) is 0 Å². The van der Waals surface area contributed by atoms with Crippen molar-refractivity contribution >= 4 is 5.97 Å². The van der Waals surface area contributed by atoms with Crippen LogP contribution < -0.4 is 5.32 Å². The molecule has 1 heterocycles. The molecule has 0 spiro atoms. The van der Waals surface area contributed by atoms with Crippen LogP contribution in [-0.4, -0.2) is 38.8 Å². The Labute approximate surface area is 80.3 Å². The normalized spacial score (nSPS) is 23.5. The van der Waals surface area contributed by atoms with Crippen LogP contribution in [0, 0.1) is 0 Å². The Hall–Kier alpha value is 0.0783. The molecule has 1 saturated heterocycles. The Morgan fingerprint density at radius 3 is 2.91 bits per heavy atom. The second kappa shape index (κ2) is 5.69. The molecule has 1 aliphatic rings. The first-order valence-corrected chi connectivity index (χ1v) is 3.29. The van der Waals surface area contributed by atoms with Crippen LogP contribution in [0.5, 0.6) is 0 Å². The van der Waals surface area contributed by atoms with Crippen LogP contribution in [-0.2, 0) is 30.6 Å². The molecule has 0 aromatic carbocycles. The average molecular weight is 338 g/mol. The van der Waals surface area contributed by atoms with Gasteiger partial charge in [-0.25, -0.2) is 0 Å². The van der Waals surface area contributed by atoms with Gasteiger partial charge in [-0.2, -0.15) is 0 Å². The summed E-state index contributed by atoms with van der Waals surface area (Å²) in [4.78, 5) is 10.8. The van der Waals surface area contributed by atoms with E-state index in [2.05, 4.69) is 15.4 Å². The van der Waals surface area contributed by atoms with E-state index in [1.54, 1.807) is 0 Å². The minimum Gasteiger partial charge on any atom is -0.660 e. The van der Waals surface area contributed by atoms with Crippen LogP contribution in [0.15, 0.2) is 0 Å². The minimum atomic E-state index is -0.219. The molecule has 66 valence electrons. The molecular formula is C6H11N2O2Pt+. The zero-order chi connectivity index (χ0) is 7.40. The zero-order valence-electron chi connectivity index (χ0n) is 6.28. The van der Waals surface area contributed by atoms with E-state index in [4.69, 9.17) is 0 Å². The molecule has 1 fully saturated rings. The van der Waals surface area contributed by atoms with Gasteiger partial charge in [-0.1, -0.05) is 0 Å². The van der Waals surface area contributed by atoms with Gasteiger partial charge in [0.2, 0.25) is 0 Å². The van der Waals surface area contributed by atoms with Crippen LogP contribution in [0.2, 0.25) is 0 Å². The number of methoxy groups -OCH3 is 1. The molecule has 0 aromatic heterocycles. The molecule has 11 heavy (non-hydrogen) atoms. The predicted octanol–water partition coefficient (Wildman–Crippen LogP) is -0.498. The van der Waals surface area contributed by atoms with Crippen LogP contribution in [0.25, 0.3) is 5.32 Å². The summed E-state index contributed by atoms with van der Waals surface area (Å²) < 4.78 is 4.53. The van der Waals surface area contributed by atoms with Crippen LogP contribution in [0.1, 0.15) is 0 Å². The van der Waals surface area contributed by atoms with Crippen molar-refractivity contribution in [3.05, 3.63) is 5.32 Å². The number of carbonyl (C=O) groups excluding carboxylic acids is 1. The summed E-state index contributed by atoms with van der Waals surface area (Å²) in [5.41, 5.74) is 0. The Morgan fingerprint density at radius 1 is 1.73 bits per heavy atom. The summed E-state index contributed by atoms with van der Waals surface area (Å²) in [7, 11) is 1.39. The summed E-state index contributed by atoms with van der Waals surface area (Å²) in [6, 6.07) is -0.209. The third-order valence-electron chi connectivity index (χ3n) is 1.46. The molecule has 0 saturated carbocycles. The monoisotopic (exact) mass is 338 g/mol. The Kier molecular flexibility index (Phi) is 5.73. The number of esters is 1. The van der Waals surface area contributed by atoms with Crippen molar-refractivity contribution in [1.29, 1.82) is 0 Å². The van der Waals surface area contributed by atoms with Gasteiger partial charge < -0.3 is 15.4 Å². The summed E-state index contributed by atoms with van der Waals surface area (Å²) in [5.74, 6) is -0.219. The zero-order valence-corrected chi connectivity index (χ0v) is 8.55. The first kappa shape index (κ1) is 11.1. The van der Waals surface area contributed by atoms with Gasteiger partial charge in [0, 0.05) is 0 Å². The molecular weight excluding hydrogens is 327 g/mol. The molecule has 1 rings (SSSR count). The van der Waals surface area contributed by atoms with Crippen LogP contribution in [0.4, 0.5) is 0 Å². The number of hydrogen-bond donors (Lipinski definition) is 1. The Bertz CT molecular complexity index is 126. The molecule has 0 amide bonds. The van der Waals surface area contributed by atoms with E-state index in [-0.39, 0.29) is 33.1 Å². The van der Waals surface area contributed by atoms with Crippen molar-refractivity contribution < 1.29 is 30.6 Å². The first-order chi connectivity index (χ1) is 4.84. The fourth-order valence-electron chi connectivity index (χ4n) is 0.903. The maximum Gasteiger partial charge on any atom is 2.00 e. The van der Waals surface area contributed by atoms with Gasteiger partial charge in [0.25, 0.3) is 0 Å². The summed E-state index contributed by atoms with van der Waals surface area (Å²) >= 11 is 0. The van der Waals surface area contributed by atoms with Crippen molar-refractivity contribution in [2.45, 2.75) is 6.04 Å². The van der Waals surface area contributed by atoms with Gasteiger partial charge in [0.05, 0.1) is 13.2 Å². The standard InChI is InChI=1S/C6H11N2O2.Pt/c1-10-6(9)5-4-7-2-3-8-5;/h5,8H,2-4H2,1H3;/q-1;+2. The second-order valence-electron chi connectivity index (χ2n) is 2.16. The van der Waals surface area contributed by atoms with Gasteiger partial charge >= 0.3 is 27.0 Å². The van der Waals surface area contributed by atoms with E-state index in [9.17, 15) is 4.79 Å². The van der Waals surface area contributed by atoms with Crippen molar-refractivity contribution in [2.75, 3.05) is 26.7 Å². The fraction of sp³-hybridized carbons (Fsp3) is 0.833. The maximum atomic E-state index is 10.8.